The highest BCUT2D eigenvalue weighted by Gasteiger charge is 2.18. The van der Waals surface area contributed by atoms with Gasteiger partial charge in [0.25, 0.3) is 5.91 Å². The molecular weight excluding hydrogens is 286 g/mol. The van der Waals surface area contributed by atoms with Crippen molar-refractivity contribution < 1.29 is 4.79 Å². The van der Waals surface area contributed by atoms with Gasteiger partial charge in [-0.1, -0.05) is 36.4 Å². The van der Waals surface area contributed by atoms with E-state index in [0.29, 0.717) is 5.92 Å². The number of hydrazone groups is 1. The zero-order valence-corrected chi connectivity index (χ0v) is 14.1. The lowest BCUT2D eigenvalue weighted by Crippen LogP contribution is -2.28. The molecule has 2 N–H and O–H groups in total. The molecule has 4 heteroatoms. The topological polar surface area (TPSA) is 53.5 Å². The maximum absolute atomic E-state index is 12.0. The van der Waals surface area contributed by atoms with E-state index < -0.39 is 0 Å². The van der Waals surface area contributed by atoms with Crippen LogP contribution in [0.2, 0.25) is 0 Å². The van der Waals surface area contributed by atoms with Gasteiger partial charge in [-0.2, -0.15) is 5.10 Å². The molecular formula is C19H25N3O. The number of carbonyl (C=O) groups is 1. The third-order valence-corrected chi connectivity index (χ3v) is 4.20. The van der Waals surface area contributed by atoms with Crippen molar-refractivity contribution in [3.63, 3.8) is 0 Å². The van der Waals surface area contributed by atoms with E-state index >= 15 is 0 Å². The summed E-state index contributed by atoms with van der Waals surface area (Å²) in [4.78, 5) is 12.0. The molecule has 0 fully saturated rings. The van der Waals surface area contributed by atoms with Gasteiger partial charge in [0, 0.05) is 5.69 Å². The Balaban J connectivity index is 1.90. The molecule has 0 saturated heterocycles. The van der Waals surface area contributed by atoms with Crippen LogP contribution in [0.4, 0.5) is 5.69 Å². The van der Waals surface area contributed by atoms with Crippen LogP contribution >= 0.6 is 0 Å². The molecule has 122 valence electrons. The number of allylic oxidation sites excluding steroid dienone is 3. The molecule has 0 aromatic heterocycles. The normalized spacial score (nSPS) is 19.2. The molecule has 0 aliphatic heterocycles. The molecule has 4 nitrogen and oxygen atoms in total. The first kappa shape index (κ1) is 17.0. The molecule has 1 aromatic rings. The third-order valence-electron chi connectivity index (χ3n) is 4.20. The summed E-state index contributed by atoms with van der Waals surface area (Å²) in [7, 11) is 0. The molecule has 1 aliphatic rings. The van der Waals surface area contributed by atoms with Gasteiger partial charge in [-0.3, -0.25) is 4.79 Å². The number of amides is 1. The van der Waals surface area contributed by atoms with E-state index in [4.69, 9.17) is 0 Å². The van der Waals surface area contributed by atoms with Crippen molar-refractivity contribution in [2.75, 3.05) is 11.9 Å². The van der Waals surface area contributed by atoms with Crippen molar-refractivity contribution in [3.8, 4) is 0 Å². The summed E-state index contributed by atoms with van der Waals surface area (Å²) in [5.41, 5.74) is 7.96. The number of hydrogen-bond donors (Lipinski definition) is 2. The van der Waals surface area contributed by atoms with Crippen molar-refractivity contribution in [2.24, 2.45) is 11.0 Å². The van der Waals surface area contributed by atoms with Gasteiger partial charge in [0.2, 0.25) is 0 Å². The molecule has 0 bridgehead atoms. The van der Waals surface area contributed by atoms with Gasteiger partial charge in [0.1, 0.15) is 0 Å². The van der Waals surface area contributed by atoms with Crippen LogP contribution in [0.3, 0.4) is 0 Å². The Labute approximate surface area is 138 Å². The molecule has 0 unspecified atom stereocenters. The Morgan fingerprint density at radius 2 is 2.09 bits per heavy atom. The quantitative estimate of drug-likeness (QED) is 0.642. The van der Waals surface area contributed by atoms with Crippen LogP contribution in [0, 0.1) is 12.8 Å². The van der Waals surface area contributed by atoms with E-state index in [1.165, 1.54) is 0 Å². The molecule has 0 radical (unpaired) electrons. The predicted molar refractivity (Wildman–Crippen MR) is 96.5 cm³/mol. The number of carbonyl (C=O) groups excluding carboxylic acids is 1. The number of hydrogen-bond acceptors (Lipinski definition) is 3. The minimum atomic E-state index is -0.147. The number of benzene rings is 1. The molecule has 1 aromatic carbocycles. The second-order valence-electron chi connectivity index (χ2n) is 6.13. The van der Waals surface area contributed by atoms with Gasteiger partial charge in [-0.05, 0) is 56.7 Å². The number of anilines is 1. The Morgan fingerprint density at radius 3 is 2.78 bits per heavy atom. The smallest absolute Gasteiger partial charge is 0.259 e. The monoisotopic (exact) mass is 311 g/mol. The molecule has 1 aliphatic carbocycles. The highest BCUT2D eigenvalue weighted by atomic mass is 16.2. The van der Waals surface area contributed by atoms with Gasteiger partial charge in [0.05, 0.1) is 12.3 Å². The first-order valence-corrected chi connectivity index (χ1v) is 7.94. The molecule has 0 heterocycles. The number of rotatable bonds is 5. The molecule has 2 rings (SSSR count). The van der Waals surface area contributed by atoms with Crippen LogP contribution in [0.5, 0.6) is 0 Å². The van der Waals surface area contributed by atoms with E-state index in [2.05, 4.69) is 28.5 Å². The summed E-state index contributed by atoms with van der Waals surface area (Å²) in [5.74, 6) is 0.269. The van der Waals surface area contributed by atoms with Crippen molar-refractivity contribution in [3.05, 3.63) is 53.6 Å². The number of nitrogens with zero attached hydrogens (tertiary/aromatic N) is 1. The van der Waals surface area contributed by atoms with E-state index in [1.54, 1.807) is 0 Å². The Kier molecular flexibility index (Phi) is 5.74. The van der Waals surface area contributed by atoms with Gasteiger partial charge < -0.3 is 5.32 Å². The van der Waals surface area contributed by atoms with Gasteiger partial charge in [-0.15, -0.1) is 0 Å². The van der Waals surface area contributed by atoms with Crippen LogP contribution < -0.4 is 10.7 Å². The summed E-state index contributed by atoms with van der Waals surface area (Å²) < 4.78 is 0. The lowest BCUT2D eigenvalue weighted by molar-refractivity contribution is -0.119. The average molecular weight is 311 g/mol. The zero-order chi connectivity index (χ0) is 16.8. The Morgan fingerprint density at radius 1 is 1.35 bits per heavy atom. The summed E-state index contributed by atoms with van der Waals surface area (Å²) in [6.45, 7) is 10.3. The summed E-state index contributed by atoms with van der Waals surface area (Å²) in [6, 6.07) is 7.89. The second-order valence-corrected chi connectivity index (χ2v) is 6.13. The number of nitrogens with one attached hydrogen (secondary N) is 2. The maximum Gasteiger partial charge on any atom is 0.259 e. The summed E-state index contributed by atoms with van der Waals surface area (Å²) in [5, 5.41) is 7.43. The maximum atomic E-state index is 12.0. The minimum Gasteiger partial charge on any atom is -0.376 e. The predicted octanol–water partition coefficient (Wildman–Crippen LogP) is 3.81. The van der Waals surface area contributed by atoms with Crippen molar-refractivity contribution in [2.45, 2.75) is 33.6 Å². The van der Waals surface area contributed by atoms with Crippen LogP contribution in [-0.4, -0.2) is 18.2 Å². The Hall–Kier alpha value is -2.36. The largest absolute Gasteiger partial charge is 0.376 e. The van der Waals surface area contributed by atoms with Gasteiger partial charge in [0.15, 0.2) is 0 Å². The van der Waals surface area contributed by atoms with Crippen molar-refractivity contribution in [1.29, 1.82) is 0 Å². The number of aryl methyl sites for hydroxylation is 1. The first-order chi connectivity index (χ1) is 11.0. The van der Waals surface area contributed by atoms with Gasteiger partial charge >= 0.3 is 0 Å². The van der Waals surface area contributed by atoms with Crippen LogP contribution in [0.15, 0.2) is 53.2 Å². The first-order valence-electron chi connectivity index (χ1n) is 7.94. The fraction of sp³-hybridized carbons (Fsp3) is 0.368. The summed E-state index contributed by atoms with van der Waals surface area (Å²) in [6.07, 6.45) is 4.01. The minimum absolute atomic E-state index is 0.147. The SMILES string of the molecule is C=C(C)[C@H]1CC=C(C)/C(=N\NC(=O)CNc2ccccc2C)C1. The molecule has 23 heavy (non-hydrogen) atoms. The second kappa shape index (κ2) is 7.77. The van der Waals surface area contributed by atoms with Crippen LogP contribution in [0.25, 0.3) is 0 Å². The zero-order valence-electron chi connectivity index (χ0n) is 14.1. The molecule has 1 atom stereocenters. The van der Waals surface area contributed by atoms with E-state index in [9.17, 15) is 4.79 Å². The fourth-order valence-corrected chi connectivity index (χ4v) is 2.54. The van der Waals surface area contributed by atoms with Gasteiger partial charge in [-0.25, -0.2) is 5.43 Å². The molecule has 0 spiro atoms. The fourth-order valence-electron chi connectivity index (χ4n) is 2.54. The van der Waals surface area contributed by atoms with E-state index in [0.717, 1.165) is 41.0 Å². The standard InChI is InChI=1S/C19H25N3O/c1-13(2)16-10-9-15(4)18(11-16)21-22-19(23)12-20-17-8-6-5-7-14(17)3/h5-9,16,20H,1,10-12H2,2-4H3,(H,22,23)/b21-18-/t16-/m0/s1. The average Bonchev–Trinajstić information content (AvgIpc) is 2.53. The Bertz CT molecular complexity index is 658. The molecule has 0 saturated carbocycles. The van der Waals surface area contributed by atoms with Crippen LogP contribution in [0.1, 0.15) is 32.3 Å². The highest BCUT2D eigenvalue weighted by molar-refractivity contribution is 6.01. The number of para-hydroxylation sites is 1. The van der Waals surface area contributed by atoms with E-state index in [1.807, 2.05) is 45.0 Å². The van der Waals surface area contributed by atoms with Crippen molar-refractivity contribution >= 4 is 17.3 Å². The summed E-state index contributed by atoms with van der Waals surface area (Å²) >= 11 is 0. The van der Waals surface area contributed by atoms with Crippen LogP contribution in [-0.2, 0) is 4.79 Å². The van der Waals surface area contributed by atoms with Crippen molar-refractivity contribution in [1.82, 2.24) is 5.43 Å². The lowest BCUT2D eigenvalue weighted by Gasteiger charge is -2.22. The lowest BCUT2D eigenvalue weighted by atomic mass is 9.85. The highest BCUT2D eigenvalue weighted by Crippen LogP contribution is 2.26. The van der Waals surface area contributed by atoms with E-state index in [-0.39, 0.29) is 12.5 Å². The third kappa shape index (κ3) is 4.81. The molecule has 1 amide bonds.